The first-order chi connectivity index (χ1) is 9.03. The van der Waals surface area contributed by atoms with Crippen LogP contribution < -0.4 is 10.0 Å². The van der Waals surface area contributed by atoms with E-state index in [0.717, 1.165) is 11.4 Å². The Morgan fingerprint density at radius 1 is 1.16 bits per heavy atom. The van der Waals surface area contributed by atoms with Crippen LogP contribution in [0.25, 0.3) is 0 Å². The molecule has 2 aromatic rings. The molecule has 0 spiro atoms. The van der Waals surface area contributed by atoms with Crippen molar-refractivity contribution in [1.82, 2.24) is 4.72 Å². The summed E-state index contributed by atoms with van der Waals surface area (Å²) in [5, 5.41) is 3.23. The molecule has 1 atom stereocenters. The fourth-order valence-electron chi connectivity index (χ4n) is 1.71. The number of nitrogens with one attached hydrogen (secondary N) is 2. The lowest BCUT2D eigenvalue weighted by Crippen LogP contribution is -2.18. The smallest absolute Gasteiger partial charge is 0.240 e. The van der Waals surface area contributed by atoms with Gasteiger partial charge in [0.05, 0.1) is 17.2 Å². The molecule has 2 rings (SSSR count). The fraction of sp³-hybridized carbons (Fsp3) is 0.231. The van der Waals surface area contributed by atoms with E-state index in [-0.39, 0.29) is 10.9 Å². The quantitative estimate of drug-likeness (QED) is 0.882. The van der Waals surface area contributed by atoms with Gasteiger partial charge in [-0.05, 0) is 50.4 Å². The van der Waals surface area contributed by atoms with Gasteiger partial charge in [0.15, 0.2) is 0 Å². The SMILES string of the molecule is CNS(=O)(=O)c1ccc(NC(C)c2ccco2)cc1. The number of benzene rings is 1. The van der Waals surface area contributed by atoms with Gasteiger partial charge < -0.3 is 9.73 Å². The molecule has 102 valence electrons. The number of hydrogen-bond acceptors (Lipinski definition) is 4. The molecule has 1 aromatic carbocycles. The van der Waals surface area contributed by atoms with Crippen molar-refractivity contribution in [3.05, 3.63) is 48.4 Å². The third kappa shape index (κ3) is 3.15. The number of sulfonamides is 1. The number of rotatable bonds is 5. The van der Waals surface area contributed by atoms with Crippen molar-refractivity contribution in [1.29, 1.82) is 0 Å². The second kappa shape index (κ2) is 5.46. The Morgan fingerprint density at radius 3 is 2.37 bits per heavy atom. The van der Waals surface area contributed by atoms with Gasteiger partial charge in [0.25, 0.3) is 0 Å². The fourth-order valence-corrected chi connectivity index (χ4v) is 2.44. The van der Waals surface area contributed by atoms with Gasteiger partial charge in [0.1, 0.15) is 5.76 Å². The molecule has 1 unspecified atom stereocenters. The van der Waals surface area contributed by atoms with E-state index in [1.807, 2.05) is 19.1 Å². The Kier molecular flexibility index (Phi) is 3.92. The minimum Gasteiger partial charge on any atom is -0.467 e. The Hall–Kier alpha value is -1.79. The van der Waals surface area contributed by atoms with Crippen molar-refractivity contribution in [2.75, 3.05) is 12.4 Å². The van der Waals surface area contributed by atoms with Gasteiger partial charge in [-0.3, -0.25) is 0 Å². The third-order valence-corrected chi connectivity index (χ3v) is 4.22. The van der Waals surface area contributed by atoms with E-state index in [4.69, 9.17) is 4.42 Å². The lowest BCUT2D eigenvalue weighted by molar-refractivity contribution is 0.490. The highest BCUT2D eigenvalue weighted by atomic mass is 32.2. The zero-order valence-corrected chi connectivity index (χ0v) is 11.6. The average molecular weight is 280 g/mol. The number of hydrogen-bond donors (Lipinski definition) is 2. The molecule has 0 radical (unpaired) electrons. The standard InChI is InChI=1S/C13H16N2O3S/c1-10(13-4-3-9-18-13)15-11-5-7-12(8-6-11)19(16,17)14-2/h3-10,14-15H,1-2H3. The van der Waals surface area contributed by atoms with E-state index >= 15 is 0 Å². The van der Waals surface area contributed by atoms with Gasteiger partial charge in [0, 0.05) is 5.69 Å². The molecule has 1 heterocycles. The summed E-state index contributed by atoms with van der Waals surface area (Å²) < 4.78 is 30.7. The zero-order chi connectivity index (χ0) is 13.9. The molecule has 0 saturated heterocycles. The van der Waals surface area contributed by atoms with E-state index in [0.29, 0.717) is 0 Å². The maximum absolute atomic E-state index is 11.6. The van der Waals surface area contributed by atoms with Crippen molar-refractivity contribution in [3.8, 4) is 0 Å². The largest absolute Gasteiger partial charge is 0.467 e. The number of furan rings is 1. The average Bonchev–Trinajstić information content (AvgIpc) is 2.93. The molecule has 6 heteroatoms. The normalized spacial score (nSPS) is 13.2. The Balaban J connectivity index is 2.11. The third-order valence-electron chi connectivity index (χ3n) is 2.79. The van der Waals surface area contributed by atoms with E-state index < -0.39 is 10.0 Å². The first kappa shape index (κ1) is 13.6. The lowest BCUT2D eigenvalue weighted by atomic mass is 10.2. The second-order valence-electron chi connectivity index (χ2n) is 4.11. The summed E-state index contributed by atoms with van der Waals surface area (Å²) in [6, 6.07) is 10.3. The van der Waals surface area contributed by atoms with Gasteiger partial charge in [-0.15, -0.1) is 0 Å². The molecule has 1 aromatic heterocycles. The van der Waals surface area contributed by atoms with Crippen LogP contribution in [0.2, 0.25) is 0 Å². The van der Waals surface area contributed by atoms with E-state index in [1.54, 1.807) is 30.5 Å². The highest BCUT2D eigenvalue weighted by molar-refractivity contribution is 7.89. The first-order valence-corrected chi connectivity index (χ1v) is 7.35. The van der Waals surface area contributed by atoms with Crippen LogP contribution >= 0.6 is 0 Å². The van der Waals surface area contributed by atoms with Crippen molar-refractivity contribution in [3.63, 3.8) is 0 Å². The van der Waals surface area contributed by atoms with E-state index in [1.165, 1.54) is 7.05 Å². The monoisotopic (exact) mass is 280 g/mol. The summed E-state index contributed by atoms with van der Waals surface area (Å²) >= 11 is 0. The second-order valence-corrected chi connectivity index (χ2v) is 6.00. The molecular weight excluding hydrogens is 264 g/mol. The summed E-state index contributed by atoms with van der Waals surface area (Å²) in [5.74, 6) is 0.826. The van der Waals surface area contributed by atoms with Crippen molar-refractivity contribution in [2.45, 2.75) is 17.9 Å². The molecule has 0 saturated carbocycles. The van der Waals surface area contributed by atoms with Crippen LogP contribution in [0.5, 0.6) is 0 Å². The van der Waals surface area contributed by atoms with Crippen LogP contribution in [0.3, 0.4) is 0 Å². The van der Waals surface area contributed by atoms with E-state index in [2.05, 4.69) is 10.0 Å². The van der Waals surface area contributed by atoms with Crippen molar-refractivity contribution < 1.29 is 12.8 Å². The summed E-state index contributed by atoms with van der Waals surface area (Å²) in [5.41, 5.74) is 0.832. The molecular formula is C13H16N2O3S. The van der Waals surface area contributed by atoms with Crippen LogP contribution in [0.1, 0.15) is 18.7 Å². The minimum atomic E-state index is -3.38. The minimum absolute atomic E-state index is 0.0155. The van der Waals surface area contributed by atoms with Crippen LogP contribution in [-0.2, 0) is 10.0 Å². The van der Waals surface area contributed by atoms with Crippen LogP contribution in [0, 0.1) is 0 Å². The molecule has 0 aliphatic carbocycles. The highest BCUT2D eigenvalue weighted by Crippen LogP contribution is 2.20. The first-order valence-electron chi connectivity index (χ1n) is 5.86. The summed E-state index contributed by atoms with van der Waals surface area (Å²) in [6.07, 6.45) is 1.62. The molecule has 0 fully saturated rings. The number of anilines is 1. The maximum atomic E-state index is 11.6. The highest BCUT2D eigenvalue weighted by Gasteiger charge is 2.12. The summed E-state index contributed by atoms with van der Waals surface area (Å²) in [4.78, 5) is 0.242. The molecule has 0 amide bonds. The van der Waals surface area contributed by atoms with Crippen LogP contribution in [0.4, 0.5) is 5.69 Å². The van der Waals surface area contributed by atoms with Gasteiger partial charge in [-0.1, -0.05) is 0 Å². The Bertz CT molecular complexity index is 618. The maximum Gasteiger partial charge on any atom is 0.240 e. The lowest BCUT2D eigenvalue weighted by Gasteiger charge is -2.13. The van der Waals surface area contributed by atoms with Gasteiger partial charge in [-0.2, -0.15) is 0 Å². The molecule has 5 nitrogen and oxygen atoms in total. The topological polar surface area (TPSA) is 71.3 Å². The molecule has 2 N–H and O–H groups in total. The van der Waals surface area contributed by atoms with Crippen LogP contribution in [0.15, 0.2) is 52.0 Å². The van der Waals surface area contributed by atoms with Gasteiger partial charge in [-0.25, -0.2) is 13.1 Å². The summed E-state index contributed by atoms with van der Waals surface area (Å²) in [7, 11) is -1.99. The van der Waals surface area contributed by atoms with Gasteiger partial charge >= 0.3 is 0 Å². The van der Waals surface area contributed by atoms with E-state index in [9.17, 15) is 8.42 Å². The molecule has 0 aliphatic rings. The van der Waals surface area contributed by atoms with Crippen molar-refractivity contribution in [2.24, 2.45) is 0 Å². The van der Waals surface area contributed by atoms with Crippen LogP contribution in [-0.4, -0.2) is 15.5 Å². The molecule has 19 heavy (non-hydrogen) atoms. The molecule has 0 aliphatic heterocycles. The molecule has 0 bridgehead atoms. The summed E-state index contributed by atoms with van der Waals surface area (Å²) in [6.45, 7) is 1.97. The Labute approximate surface area is 112 Å². The predicted molar refractivity (Wildman–Crippen MR) is 73.4 cm³/mol. The predicted octanol–water partition coefficient (Wildman–Crippen LogP) is 2.36. The van der Waals surface area contributed by atoms with Crippen molar-refractivity contribution >= 4 is 15.7 Å². The zero-order valence-electron chi connectivity index (χ0n) is 10.8. The van der Waals surface area contributed by atoms with Gasteiger partial charge in [0.2, 0.25) is 10.0 Å². The Morgan fingerprint density at radius 2 is 1.84 bits per heavy atom.